The molecule has 0 radical (unpaired) electrons. The highest BCUT2D eigenvalue weighted by Crippen LogP contribution is 2.42. The van der Waals surface area contributed by atoms with E-state index in [0.29, 0.717) is 23.1 Å². The van der Waals surface area contributed by atoms with Gasteiger partial charge in [-0.25, -0.2) is 18.9 Å². The van der Waals surface area contributed by atoms with E-state index in [1.54, 1.807) is 12.5 Å². The van der Waals surface area contributed by atoms with Crippen molar-refractivity contribution in [2.75, 3.05) is 11.2 Å². The molecule has 6 rings (SSSR count). The first kappa shape index (κ1) is 17.2. The number of para-hydroxylation sites is 2. The van der Waals surface area contributed by atoms with Crippen LogP contribution in [0.3, 0.4) is 0 Å². The molecule has 6 nitrogen and oxygen atoms in total. The SMILES string of the molecule is CS(=O)NC1CC2CC(C1)N2c1cc(-c2nc3ccccc3[nH]2)c(Cl)cn1. The van der Waals surface area contributed by atoms with Gasteiger partial charge < -0.3 is 9.88 Å². The summed E-state index contributed by atoms with van der Waals surface area (Å²) in [5.74, 6) is 1.70. The minimum Gasteiger partial charge on any atom is -0.350 e. The van der Waals surface area contributed by atoms with Gasteiger partial charge >= 0.3 is 0 Å². The Bertz CT molecular complexity index is 993. The molecular weight excluding hydrogens is 382 g/mol. The highest BCUT2D eigenvalue weighted by Gasteiger charge is 2.46. The third kappa shape index (κ3) is 3.03. The van der Waals surface area contributed by atoms with Crippen molar-refractivity contribution in [1.29, 1.82) is 0 Å². The van der Waals surface area contributed by atoms with Crippen molar-refractivity contribution in [3.05, 3.63) is 41.6 Å². The predicted octanol–water partition coefficient (Wildman–Crippen LogP) is 3.27. The smallest absolute Gasteiger partial charge is 0.140 e. The summed E-state index contributed by atoms with van der Waals surface area (Å²) in [5, 5.41) is 0.587. The number of pyridine rings is 1. The molecule has 140 valence electrons. The van der Waals surface area contributed by atoms with Crippen molar-refractivity contribution in [3.63, 3.8) is 0 Å². The summed E-state index contributed by atoms with van der Waals surface area (Å²) in [5.41, 5.74) is 2.78. The zero-order valence-electron chi connectivity index (χ0n) is 14.9. The van der Waals surface area contributed by atoms with E-state index in [2.05, 4.69) is 24.6 Å². The molecule has 2 saturated heterocycles. The molecule has 2 N–H and O–H groups in total. The van der Waals surface area contributed by atoms with Gasteiger partial charge in [-0.1, -0.05) is 23.7 Å². The van der Waals surface area contributed by atoms with Gasteiger partial charge in [0.05, 0.1) is 27.0 Å². The summed E-state index contributed by atoms with van der Waals surface area (Å²) in [6.07, 6.45) is 6.54. The number of H-pyrrole nitrogens is 1. The normalized spacial score (nSPS) is 25.4. The molecule has 0 amide bonds. The lowest BCUT2D eigenvalue weighted by atomic mass is 9.77. The maximum atomic E-state index is 11.4. The first-order chi connectivity index (χ1) is 13.1. The van der Waals surface area contributed by atoms with E-state index >= 15 is 0 Å². The Balaban J connectivity index is 1.44. The summed E-state index contributed by atoms with van der Waals surface area (Å²) < 4.78 is 14.6. The van der Waals surface area contributed by atoms with Crippen LogP contribution in [0.1, 0.15) is 19.3 Å². The molecule has 1 saturated carbocycles. The Morgan fingerprint density at radius 2 is 2.04 bits per heavy atom. The number of benzene rings is 1. The number of rotatable bonds is 4. The Kier molecular flexibility index (Phi) is 4.18. The average molecular weight is 402 g/mol. The van der Waals surface area contributed by atoms with Gasteiger partial charge in [-0.2, -0.15) is 0 Å². The number of nitrogens with one attached hydrogen (secondary N) is 2. The fourth-order valence-corrected chi connectivity index (χ4v) is 5.26. The fraction of sp³-hybridized carbons (Fsp3) is 0.368. The average Bonchev–Trinajstić information content (AvgIpc) is 3.06. The van der Waals surface area contributed by atoms with E-state index in [1.165, 1.54) is 6.42 Å². The number of halogens is 1. The number of aromatic amines is 1. The molecule has 3 aliphatic rings. The van der Waals surface area contributed by atoms with Crippen LogP contribution in [0, 0.1) is 0 Å². The maximum absolute atomic E-state index is 11.4. The molecule has 2 bridgehead atoms. The summed E-state index contributed by atoms with van der Waals surface area (Å²) >= 11 is 6.44. The monoisotopic (exact) mass is 401 g/mol. The Morgan fingerprint density at radius 1 is 1.26 bits per heavy atom. The highest BCUT2D eigenvalue weighted by molar-refractivity contribution is 7.82. The number of fused-ring (bicyclic) bond motifs is 3. The second-order valence-corrected chi connectivity index (χ2v) is 8.87. The van der Waals surface area contributed by atoms with E-state index < -0.39 is 11.0 Å². The van der Waals surface area contributed by atoms with Gasteiger partial charge in [0.15, 0.2) is 0 Å². The van der Waals surface area contributed by atoms with Crippen molar-refractivity contribution < 1.29 is 4.21 Å². The molecule has 1 aliphatic carbocycles. The van der Waals surface area contributed by atoms with Crippen LogP contribution in [0.2, 0.25) is 5.02 Å². The number of imidazole rings is 1. The third-order valence-electron chi connectivity index (χ3n) is 5.53. The van der Waals surface area contributed by atoms with Crippen molar-refractivity contribution in [1.82, 2.24) is 19.7 Å². The number of nitrogens with zero attached hydrogens (tertiary/aromatic N) is 3. The number of aromatic nitrogens is 3. The van der Waals surface area contributed by atoms with Crippen LogP contribution in [0.5, 0.6) is 0 Å². The van der Waals surface area contributed by atoms with Crippen LogP contribution in [-0.4, -0.2) is 43.5 Å². The molecule has 8 heteroatoms. The number of hydrogen-bond acceptors (Lipinski definition) is 4. The van der Waals surface area contributed by atoms with E-state index in [9.17, 15) is 4.21 Å². The molecule has 4 heterocycles. The fourth-order valence-electron chi connectivity index (χ4n) is 4.41. The predicted molar refractivity (Wildman–Crippen MR) is 109 cm³/mol. The summed E-state index contributed by atoms with van der Waals surface area (Å²) in [6, 6.07) is 11.2. The number of piperidine rings is 1. The summed E-state index contributed by atoms with van der Waals surface area (Å²) in [6.45, 7) is 0. The number of anilines is 1. The summed E-state index contributed by atoms with van der Waals surface area (Å²) in [4.78, 5) is 15.0. The zero-order chi connectivity index (χ0) is 18.5. The second-order valence-electron chi connectivity index (χ2n) is 7.32. The Hall–Kier alpha value is -1.96. The van der Waals surface area contributed by atoms with Crippen LogP contribution in [0.4, 0.5) is 5.82 Å². The third-order valence-corrected chi connectivity index (χ3v) is 6.49. The zero-order valence-corrected chi connectivity index (χ0v) is 16.4. The Morgan fingerprint density at radius 3 is 2.78 bits per heavy atom. The molecule has 3 atom stereocenters. The largest absolute Gasteiger partial charge is 0.350 e. The van der Waals surface area contributed by atoms with Crippen LogP contribution < -0.4 is 9.62 Å². The topological polar surface area (TPSA) is 73.9 Å². The van der Waals surface area contributed by atoms with Gasteiger partial charge in [-0.3, -0.25) is 0 Å². The van der Waals surface area contributed by atoms with Crippen molar-refractivity contribution in [2.24, 2.45) is 0 Å². The lowest BCUT2D eigenvalue weighted by Gasteiger charge is -2.56. The second kappa shape index (κ2) is 6.58. The van der Waals surface area contributed by atoms with E-state index in [-0.39, 0.29) is 0 Å². The van der Waals surface area contributed by atoms with Crippen molar-refractivity contribution in [3.8, 4) is 11.4 Å². The lowest BCUT2D eigenvalue weighted by Crippen LogP contribution is -2.64. The summed E-state index contributed by atoms with van der Waals surface area (Å²) in [7, 11) is -0.967. The minimum absolute atomic E-state index is 0.318. The van der Waals surface area contributed by atoms with Gasteiger partial charge in [0, 0.05) is 36.1 Å². The quantitative estimate of drug-likeness (QED) is 0.703. The van der Waals surface area contributed by atoms with Gasteiger partial charge in [-0.05, 0) is 37.5 Å². The molecule has 2 aromatic heterocycles. The van der Waals surface area contributed by atoms with E-state index in [1.807, 2.05) is 30.3 Å². The molecule has 1 aromatic carbocycles. The number of hydrogen-bond donors (Lipinski definition) is 2. The van der Waals surface area contributed by atoms with Gasteiger partial charge in [0.2, 0.25) is 0 Å². The van der Waals surface area contributed by atoms with E-state index in [0.717, 1.165) is 41.1 Å². The van der Waals surface area contributed by atoms with Gasteiger partial charge in [0.1, 0.15) is 11.6 Å². The first-order valence-electron chi connectivity index (χ1n) is 9.07. The van der Waals surface area contributed by atoms with Crippen molar-refractivity contribution >= 4 is 39.4 Å². The first-order valence-corrected chi connectivity index (χ1v) is 11.0. The standard InChI is InChI=1S/C19H20ClN5OS/c1-27(26)24-11-6-12-8-13(7-11)25(12)18-9-14(15(20)10-21-18)19-22-16-4-2-3-5-17(16)23-19/h2-5,9-13,24H,6-8H2,1H3,(H,22,23). The van der Waals surface area contributed by atoms with Gasteiger partial charge in [-0.15, -0.1) is 0 Å². The molecule has 3 fully saturated rings. The van der Waals surface area contributed by atoms with Gasteiger partial charge in [0.25, 0.3) is 0 Å². The molecule has 3 unspecified atom stereocenters. The van der Waals surface area contributed by atoms with Crippen LogP contribution in [0.15, 0.2) is 36.5 Å². The molecule has 27 heavy (non-hydrogen) atoms. The maximum Gasteiger partial charge on any atom is 0.140 e. The minimum atomic E-state index is -0.967. The van der Waals surface area contributed by atoms with Crippen LogP contribution in [-0.2, 0) is 11.0 Å². The molecule has 3 aromatic rings. The van der Waals surface area contributed by atoms with Crippen LogP contribution >= 0.6 is 11.6 Å². The Labute approximate surface area is 164 Å². The van der Waals surface area contributed by atoms with E-state index in [4.69, 9.17) is 11.6 Å². The van der Waals surface area contributed by atoms with Crippen molar-refractivity contribution in [2.45, 2.75) is 37.4 Å². The molecule has 2 aliphatic heterocycles. The van der Waals surface area contributed by atoms with Crippen LogP contribution in [0.25, 0.3) is 22.4 Å². The molecule has 0 spiro atoms. The highest BCUT2D eigenvalue weighted by atomic mass is 35.5. The lowest BCUT2D eigenvalue weighted by molar-refractivity contribution is 0.210. The molecular formula is C19H20ClN5OS.